The molecule has 0 bridgehead atoms. The van der Waals surface area contributed by atoms with Crippen LogP contribution in [0.2, 0.25) is 0 Å². The van der Waals surface area contributed by atoms with Crippen LogP contribution in [0.15, 0.2) is 24.4 Å². The topological polar surface area (TPSA) is 65.5 Å². The molecule has 1 aromatic rings. The summed E-state index contributed by atoms with van der Waals surface area (Å²) in [5.74, 6) is -0.851. The van der Waals surface area contributed by atoms with Gasteiger partial charge in [0.15, 0.2) is 0 Å². The predicted octanol–water partition coefficient (Wildman–Crippen LogP) is 2.61. The van der Waals surface area contributed by atoms with E-state index in [-0.39, 0.29) is 0 Å². The highest BCUT2D eigenvalue weighted by Crippen LogP contribution is 2.12. The van der Waals surface area contributed by atoms with E-state index in [0.29, 0.717) is 17.9 Å². The van der Waals surface area contributed by atoms with Crippen molar-refractivity contribution < 1.29 is 19.1 Å². The molecule has 0 spiro atoms. The van der Waals surface area contributed by atoms with Crippen molar-refractivity contribution in [2.75, 3.05) is 6.61 Å². The molecule has 1 rings (SSSR count). The summed E-state index contributed by atoms with van der Waals surface area (Å²) in [5.41, 5.74) is 0.387. The molecular weight excluding hydrogens is 258 g/mol. The molecule has 1 heterocycles. The van der Waals surface area contributed by atoms with Crippen LogP contribution in [-0.4, -0.2) is 29.1 Å². The molecule has 0 saturated heterocycles. The number of nitrogens with zero attached hydrogens (tertiary/aromatic N) is 1. The number of hydrogen-bond donors (Lipinski definition) is 0. The summed E-state index contributed by atoms with van der Waals surface area (Å²) in [5, 5.41) is 0. The molecule has 0 aliphatic heterocycles. The van der Waals surface area contributed by atoms with E-state index < -0.39 is 17.5 Å². The van der Waals surface area contributed by atoms with Crippen LogP contribution in [0.1, 0.15) is 43.7 Å². The van der Waals surface area contributed by atoms with E-state index in [4.69, 9.17) is 9.47 Å². The molecule has 0 atom stereocenters. The number of pyridine rings is 1. The molecule has 0 aromatic carbocycles. The number of carbonyl (C=O) groups excluding carboxylic acids is 2. The van der Waals surface area contributed by atoms with Gasteiger partial charge in [-0.15, -0.1) is 0 Å². The molecule has 5 heteroatoms. The van der Waals surface area contributed by atoms with Gasteiger partial charge in [-0.1, -0.05) is 0 Å². The quantitative estimate of drug-likeness (QED) is 0.625. The Hall–Kier alpha value is -2.17. The van der Waals surface area contributed by atoms with Crippen LogP contribution in [0, 0.1) is 0 Å². The Morgan fingerprint density at radius 3 is 2.50 bits per heavy atom. The summed E-state index contributed by atoms with van der Waals surface area (Å²) in [6, 6.07) is 3.24. The highest BCUT2D eigenvalue weighted by Gasteiger charge is 2.17. The van der Waals surface area contributed by atoms with Crippen LogP contribution in [-0.2, 0) is 14.3 Å². The molecule has 20 heavy (non-hydrogen) atoms. The van der Waals surface area contributed by atoms with Gasteiger partial charge in [-0.25, -0.2) is 9.59 Å². The molecule has 108 valence electrons. The summed E-state index contributed by atoms with van der Waals surface area (Å²) in [7, 11) is 0. The van der Waals surface area contributed by atoms with Crippen LogP contribution in [0.4, 0.5) is 0 Å². The largest absolute Gasteiger partial charge is 0.463 e. The molecular formula is C15H19NO4. The fourth-order valence-corrected chi connectivity index (χ4v) is 1.31. The number of ether oxygens (including phenoxy) is 2. The van der Waals surface area contributed by atoms with Crippen molar-refractivity contribution in [3.8, 4) is 0 Å². The molecule has 0 saturated carbocycles. The number of esters is 2. The van der Waals surface area contributed by atoms with Crippen LogP contribution in [0.25, 0.3) is 6.08 Å². The van der Waals surface area contributed by atoms with Gasteiger partial charge >= 0.3 is 11.9 Å². The maximum absolute atomic E-state index is 11.8. The second kappa shape index (κ2) is 6.84. The number of aromatic nitrogens is 1. The second-order valence-electron chi connectivity index (χ2n) is 5.06. The van der Waals surface area contributed by atoms with Gasteiger partial charge in [0.1, 0.15) is 5.60 Å². The van der Waals surface area contributed by atoms with E-state index >= 15 is 0 Å². The van der Waals surface area contributed by atoms with Crippen molar-refractivity contribution in [1.29, 1.82) is 0 Å². The third-order valence-electron chi connectivity index (χ3n) is 2.10. The van der Waals surface area contributed by atoms with Crippen LogP contribution in [0.3, 0.4) is 0 Å². The SMILES string of the molecule is CCOC(=O)/C=C/c1ccc(C(=O)OC(C)(C)C)cn1. The Balaban J connectivity index is 2.69. The lowest BCUT2D eigenvalue weighted by atomic mass is 10.2. The smallest absolute Gasteiger partial charge is 0.340 e. The van der Waals surface area contributed by atoms with Crippen LogP contribution < -0.4 is 0 Å². The fraction of sp³-hybridized carbons (Fsp3) is 0.400. The molecule has 5 nitrogen and oxygen atoms in total. The minimum atomic E-state index is -0.542. The average molecular weight is 277 g/mol. The minimum Gasteiger partial charge on any atom is -0.463 e. The van der Waals surface area contributed by atoms with Gasteiger partial charge in [0.05, 0.1) is 17.9 Å². The predicted molar refractivity (Wildman–Crippen MR) is 75.1 cm³/mol. The first-order valence-electron chi connectivity index (χ1n) is 6.36. The summed E-state index contributed by atoms with van der Waals surface area (Å²) >= 11 is 0. The van der Waals surface area contributed by atoms with Gasteiger partial charge in [-0.05, 0) is 45.9 Å². The molecule has 1 aromatic heterocycles. The molecule has 0 aliphatic carbocycles. The number of hydrogen-bond acceptors (Lipinski definition) is 5. The third kappa shape index (κ3) is 5.65. The first-order valence-corrected chi connectivity index (χ1v) is 6.36. The summed E-state index contributed by atoms with van der Waals surface area (Å²) < 4.78 is 9.98. The van der Waals surface area contributed by atoms with Crippen molar-refractivity contribution >= 4 is 18.0 Å². The fourth-order valence-electron chi connectivity index (χ4n) is 1.31. The zero-order chi connectivity index (χ0) is 15.2. The second-order valence-corrected chi connectivity index (χ2v) is 5.06. The maximum Gasteiger partial charge on any atom is 0.340 e. The summed E-state index contributed by atoms with van der Waals surface area (Å²) in [4.78, 5) is 27.0. The molecule has 0 N–H and O–H groups in total. The summed E-state index contributed by atoms with van der Waals surface area (Å²) in [6.45, 7) is 7.46. The van der Waals surface area contributed by atoms with E-state index in [9.17, 15) is 9.59 Å². The Kier molecular flexibility index (Phi) is 5.43. The third-order valence-corrected chi connectivity index (χ3v) is 2.10. The van der Waals surface area contributed by atoms with Crippen molar-refractivity contribution in [3.05, 3.63) is 35.7 Å². The van der Waals surface area contributed by atoms with Gasteiger partial charge in [0.2, 0.25) is 0 Å². The number of rotatable bonds is 4. The van der Waals surface area contributed by atoms with E-state index in [1.54, 1.807) is 39.8 Å². The van der Waals surface area contributed by atoms with Crippen molar-refractivity contribution in [3.63, 3.8) is 0 Å². The summed E-state index contributed by atoms with van der Waals surface area (Å²) in [6.07, 6.45) is 4.23. The molecule has 0 aliphatic rings. The van der Waals surface area contributed by atoms with Gasteiger partial charge in [-0.2, -0.15) is 0 Å². The van der Waals surface area contributed by atoms with Crippen molar-refractivity contribution in [2.24, 2.45) is 0 Å². The van der Waals surface area contributed by atoms with Crippen molar-refractivity contribution in [2.45, 2.75) is 33.3 Å². The Morgan fingerprint density at radius 1 is 1.30 bits per heavy atom. The lowest BCUT2D eigenvalue weighted by Gasteiger charge is -2.19. The lowest BCUT2D eigenvalue weighted by Crippen LogP contribution is -2.23. The zero-order valence-electron chi connectivity index (χ0n) is 12.2. The Morgan fingerprint density at radius 2 is 2.00 bits per heavy atom. The lowest BCUT2D eigenvalue weighted by molar-refractivity contribution is -0.137. The van der Waals surface area contributed by atoms with Crippen LogP contribution in [0.5, 0.6) is 0 Å². The number of carbonyl (C=O) groups is 2. The zero-order valence-corrected chi connectivity index (χ0v) is 12.2. The normalized spacial score (nSPS) is 11.4. The first-order chi connectivity index (χ1) is 9.31. The maximum atomic E-state index is 11.8. The van der Waals surface area contributed by atoms with E-state index in [0.717, 1.165) is 0 Å². The highest BCUT2D eigenvalue weighted by atomic mass is 16.6. The monoisotopic (exact) mass is 277 g/mol. The van der Waals surface area contributed by atoms with Crippen molar-refractivity contribution in [1.82, 2.24) is 4.98 Å². The van der Waals surface area contributed by atoms with E-state index in [2.05, 4.69) is 4.98 Å². The minimum absolute atomic E-state index is 0.328. The molecule has 0 amide bonds. The van der Waals surface area contributed by atoms with Gasteiger partial charge in [-0.3, -0.25) is 4.98 Å². The Labute approximate surface area is 118 Å². The first kappa shape index (κ1) is 15.9. The van der Waals surface area contributed by atoms with Gasteiger partial charge in [0.25, 0.3) is 0 Å². The van der Waals surface area contributed by atoms with E-state index in [1.165, 1.54) is 18.3 Å². The van der Waals surface area contributed by atoms with Gasteiger partial charge < -0.3 is 9.47 Å². The standard InChI is InChI=1S/C15H19NO4/c1-5-19-13(17)9-8-12-7-6-11(10-16-12)14(18)20-15(2,3)4/h6-10H,5H2,1-4H3/b9-8+. The molecule has 0 radical (unpaired) electrons. The highest BCUT2D eigenvalue weighted by molar-refractivity contribution is 5.90. The van der Waals surface area contributed by atoms with Gasteiger partial charge in [0, 0.05) is 12.3 Å². The van der Waals surface area contributed by atoms with Crippen LogP contribution >= 0.6 is 0 Å². The van der Waals surface area contributed by atoms with E-state index in [1.807, 2.05) is 0 Å². The Bertz CT molecular complexity index is 498. The molecule has 0 unspecified atom stereocenters. The average Bonchev–Trinajstić information content (AvgIpc) is 2.35. The molecule has 0 fully saturated rings.